The van der Waals surface area contributed by atoms with E-state index in [1.165, 1.54) is 31.9 Å². The van der Waals surface area contributed by atoms with Gasteiger partial charge in [0.05, 0.1) is 0 Å². The molecule has 0 spiro atoms. The van der Waals surface area contributed by atoms with E-state index in [0.29, 0.717) is 5.92 Å². The summed E-state index contributed by atoms with van der Waals surface area (Å²) in [5.41, 5.74) is 1.29. The summed E-state index contributed by atoms with van der Waals surface area (Å²) < 4.78 is 6.32. The molecule has 0 aromatic rings. The minimum atomic E-state index is -0.101. The number of allylic oxidation sites excluding steroid dienone is 1. The van der Waals surface area contributed by atoms with E-state index in [-0.39, 0.29) is 21.0 Å². The maximum absolute atomic E-state index is 4.76. The molecule has 1 fully saturated rings. The lowest BCUT2D eigenvalue weighted by molar-refractivity contribution is 0.171. The molecule has 0 atom stereocenters. The van der Waals surface area contributed by atoms with E-state index >= 15 is 0 Å². The number of hydrogen-bond donors (Lipinski definition) is 0. The van der Waals surface area contributed by atoms with Crippen LogP contribution in [-0.2, 0) is 0 Å². The van der Waals surface area contributed by atoms with Crippen molar-refractivity contribution in [2.75, 3.05) is 39.8 Å². The van der Waals surface area contributed by atoms with Crippen LogP contribution in [0.4, 0.5) is 0 Å². The Bertz CT molecular complexity index is 350. The van der Waals surface area contributed by atoms with Gasteiger partial charge in [0.2, 0.25) is 0 Å². The van der Waals surface area contributed by atoms with Crippen LogP contribution in [0.2, 0.25) is 0 Å². The average Bonchev–Trinajstić information content (AvgIpc) is 2.33. The monoisotopic (exact) mass is 347 g/mol. The predicted octanol–water partition coefficient (Wildman–Crippen LogP) is 1.96. The summed E-state index contributed by atoms with van der Waals surface area (Å²) >= 11 is -0.101. The molecule has 17 heavy (non-hydrogen) atoms. The van der Waals surface area contributed by atoms with E-state index in [4.69, 9.17) is 3.21 Å². The van der Waals surface area contributed by atoms with Gasteiger partial charge in [0, 0.05) is 62.9 Å². The van der Waals surface area contributed by atoms with E-state index < -0.39 is 0 Å². The second-order valence-corrected chi connectivity index (χ2v) is 7.46. The van der Waals surface area contributed by atoms with Gasteiger partial charge in [-0.2, -0.15) is 0 Å². The molecule has 0 aromatic heterocycles. The Morgan fingerprint density at radius 1 is 1.24 bits per heavy atom. The van der Waals surface area contributed by atoms with Gasteiger partial charge in [0.15, 0.2) is 0 Å². The van der Waals surface area contributed by atoms with Gasteiger partial charge in [-0.1, -0.05) is 13.8 Å². The number of piperazine rings is 1. The third kappa shape index (κ3) is 3.96. The van der Waals surface area contributed by atoms with Crippen LogP contribution in [-0.4, -0.2) is 58.8 Å². The van der Waals surface area contributed by atoms with Gasteiger partial charge in [-0.3, -0.25) is 4.90 Å². The molecule has 96 valence electrons. The minimum absolute atomic E-state index is 0.101. The van der Waals surface area contributed by atoms with Crippen LogP contribution in [0.5, 0.6) is 0 Å². The molecule has 2 heterocycles. The average molecular weight is 347 g/mol. The second-order valence-electron chi connectivity index (χ2n) is 5.11. The van der Waals surface area contributed by atoms with Crippen molar-refractivity contribution < 1.29 is 0 Å². The molecular weight excluding hydrogens is 325 g/mol. The molecule has 2 rings (SSSR count). The quantitative estimate of drug-likeness (QED) is 0.727. The zero-order valence-electron chi connectivity index (χ0n) is 11.0. The lowest BCUT2D eigenvalue weighted by Gasteiger charge is -2.32. The summed E-state index contributed by atoms with van der Waals surface area (Å²) in [4.78, 5) is 4.97. The highest BCUT2D eigenvalue weighted by Crippen LogP contribution is 2.16. The van der Waals surface area contributed by atoms with Crippen LogP contribution in [0.3, 0.4) is 0 Å². The van der Waals surface area contributed by atoms with Crippen molar-refractivity contribution in [1.29, 1.82) is 0 Å². The van der Waals surface area contributed by atoms with Crippen molar-refractivity contribution >= 4 is 30.2 Å². The SMILES string of the molecule is CC(C)C1=NI=C(CN2CCN(C)CC2)C=C1. The first kappa shape index (κ1) is 13.4. The molecule has 1 saturated heterocycles. The van der Waals surface area contributed by atoms with Crippen molar-refractivity contribution in [1.82, 2.24) is 9.80 Å². The number of halogens is 1. The van der Waals surface area contributed by atoms with Crippen molar-refractivity contribution in [2.45, 2.75) is 13.8 Å². The molecule has 2 aliphatic rings. The zero-order chi connectivity index (χ0) is 12.3. The standard InChI is InChI=1S/C13H22IN3/c1-11(2)13-5-4-12(14-15-13)10-17-8-6-16(3)7-9-17/h4-5,11H,6-10H2,1-3H3. The topological polar surface area (TPSA) is 18.8 Å². The Hall–Kier alpha value is -0.0700. The number of likely N-dealkylation sites (N-methyl/N-ethyl adjacent to an activating group) is 1. The fourth-order valence-electron chi connectivity index (χ4n) is 1.92. The fourth-order valence-corrected chi connectivity index (χ4v) is 4.21. The molecule has 0 aromatic carbocycles. The lowest BCUT2D eigenvalue weighted by atomic mass is 10.1. The van der Waals surface area contributed by atoms with E-state index in [1.807, 2.05) is 0 Å². The summed E-state index contributed by atoms with van der Waals surface area (Å²) in [7, 11) is 2.21. The maximum Gasteiger partial charge on any atom is 0.0491 e. The fraction of sp³-hybridized carbons (Fsp3) is 0.692. The van der Waals surface area contributed by atoms with Crippen LogP contribution in [0.15, 0.2) is 15.4 Å². The van der Waals surface area contributed by atoms with E-state index in [9.17, 15) is 0 Å². The van der Waals surface area contributed by atoms with Gasteiger partial charge in [-0.15, -0.1) is 0 Å². The van der Waals surface area contributed by atoms with Gasteiger partial charge in [0.1, 0.15) is 0 Å². The van der Waals surface area contributed by atoms with Crippen LogP contribution < -0.4 is 0 Å². The van der Waals surface area contributed by atoms with Crippen molar-refractivity contribution in [3.8, 4) is 0 Å². The predicted molar refractivity (Wildman–Crippen MR) is 84.4 cm³/mol. The van der Waals surface area contributed by atoms with Gasteiger partial charge in [-0.05, 0) is 25.1 Å². The van der Waals surface area contributed by atoms with Gasteiger partial charge in [0.25, 0.3) is 0 Å². The molecule has 0 bridgehead atoms. The highest BCUT2D eigenvalue weighted by molar-refractivity contribution is 14.2. The molecule has 0 radical (unpaired) electrons. The van der Waals surface area contributed by atoms with E-state index in [2.05, 4.69) is 42.8 Å². The molecule has 4 heteroatoms. The molecular formula is C13H22IN3. The summed E-state index contributed by atoms with van der Waals surface area (Å²) in [5, 5.41) is 0. The van der Waals surface area contributed by atoms with Gasteiger partial charge >= 0.3 is 0 Å². The summed E-state index contributed by atoms with van der Waals surface area (Å²) in [6.45, 7) is 10.4. The Balaban J connectivity index is 1.87. The van der Waals surface area contributed by atoms with Crippen molar-refractivity contribution in [2.24, 2.45) is 9.12 Å². The van der Waals surface area contributed by atoms with Gasteiger partial charge in [-0.25, -0.2) is 3.21 Å². The van der Waals surface area contributed by atoms with Crippen LogP contribution in [0.25, 0.3) is 0 Å². The second kappa shape index (κ2) is 6.20. The third-order valence-electron chi connectivity index (χ3n) is 3.25. The lowest BCUT2D eigenvalue weighted by Crippen LogP contribution is -2.45. The molecule has 0 unspecified atom stereocenters. The summed E-state index contributed by atoms with van der Waals surface area (Å²) in [5.74, 6) is 0.580. The van der Waals surface area contributed by atoms with Crippen molar-refractivity contribution in [3.05, 3.63) is 12.2 Å². The highest BCUT2D eigenvalue weighted by Gasteiger charge is 2.15. The first-order chi connectivity index (χ1) is 8.15. The summed E-state index contributed by atoms with van der Waals surface area (Å²) in [6.07, 6.45) is 4.55. The molecule has 2 aliphatic heterocycles. The number of nitrogens with zero attached hydrogens (tertiary/aromatic N) is 3. The minimum Gasteiger partial charge on any atom is -0.304 e. The molecule has 0 amide bonds. The summed E-state index contributed by atoms with van der Waals surface area (Å²) in [6, 6.07) is 0. The smallest absolute Gasteiger partial charge is 0.0491 e. The zero-order valence-corrected chi connectivity index (χ0v) is 13.1. The maximum atomic E-state index is 4.76. The Kier molecular flexibility index (Phi) is 4.87. The normalized spacial score (nSPS) is 23.3. The Labute approximate surface area is 115 Å². The van der Waals surface area contributed by atoms with Crippen LogP contribution >= 0.6 is 21.0 Å². The van der Waals surface area contributed by atoms with E-state index in [0.717, 1.165) is 6.54 Å². The van der Waals surface area contributed by atoms with Crippen LogP contribution in [0, 0.1) is 5.92 Å². The Morgan fingerprint density at radius 3 is 2.47 bits per heavy atom. The third-order valence-corrected chi connectivity index (χ3v) is 5.36. The van der Waals surface area contributed by atoms with Crippen LogP contribution in [0.1, 0.15) is 13.8 Å². The number of rotatable bonds is 3. The van der Waals surface area contributed by atoms with E-state index in [1.54, 1.807) is 3.51 Å². The molecule has 0 aliphatic carbocycles. The molecule has 0 saturated carbocycles. The highest BCUT2D eigenvalue weighted by atomic mass is 127. The first-order valence-corrected chi connectivity index (χ1v) is 8.36. The van der Waals surface area contributed by atoms with Crippen molar-refractivity contribution in [3.63, 3.8) is 0 Å². The van der Waals surface area contributed by atoms with Gasteiger partial charge < -0.3 is 4.90 Å². The first-order valence-electron chi connectivity index (χ1n) is 6.32. The molecule has 3 nitrogen and oxygen atoms in total. The Morgan fingerprint density at radius 2 is 1.94 bits per heavy atom. The number of hydrogen-bond acceptors (Lipinski definition) is 3. The molecule has 0 N–H and O–H groups in total. The largest absolute Gasteiger partial charge is 0.304 e.